The molecule has 2 heterocycles. The van der Waals surface area contributed by atoms with Crippen molar-refractivity contribution in [3.63, 3.8) is 0 Å². The van der Waals surface area contributed by atoms with Crippen molar-refractivity contribution in [1.29, 1.82) is 0 Å². The molecule has 4 nitrogen and oxygen atoms in total. The molecule has 1 aliphatic rings. The first-order valence-corrected chi connectivity index (χ1v) is 4.87. The van der Waals surface area contributed by atoms with Gasteiger partial charge in [-0.3, -0.25) is 4.79 Å². The van der Waals surface area contributed by atoms with E-state index in [-0.39, 0.29) is 11.7 Å². The van der Waals surface area contributed by atoms with E-state index in [1.165, 1.54) is 0 Å². The first kappa shape index (κ1) is 9.40. The number of nitrogens with zero attached hydrogens (tertiary/aromatic N) is 1. The summed E-state index contributed by atoms with van der Waals surface area (Å²) in [6, 6.07) is 0. The van der Waals surface area contributed by atoms with Crippen LogP contribution < -0.4 is 5.56 Å². The second-order valence-electron chi connectivity index (χ2n) is 3.66. The summed E-state index contributed by atoms with van der Waals surface area (Å²) in [6.07, 6.45) is 1.98. The average molecular weight is 194 g/mol. The maximum atomic E-state index is 11.5. The van der Waals surface area contributed by atoms with E-state index in [0.717, 1.165) is 25.1 Å². The molecule has 0 aromatic carbocycles. The van der Waals surface area contributed by atoms with Gasteiger partial charge in [0.25, 0.3) is 5.56 Å². The highest BCUT2D eigenvalue weighted by Gasteiger charge is 2.20. The van der Waals surface area contributed by atoms with Crippen molar-refractivity contribution >= 4 is 0 Å². The fraction of sp³-hybridized carbons (Fsp3) is 0.600. The SMILES string of the molecule is Cc1nc(C2CCCO2)[nH]c(=O)c1C. The second-order valence-corrected chi connectivity index (χ2v) is 3.66. The molecule has 4 heteroatoms. The molecule has 1 fully saturated rings. The fourth-order valence-corrected chi connectivity index (χ4v) is 1.61. The highest BCUT2D eigenvalue weighted by molar-refractivity contribution is 5.15. The maximum Gasteiger partial charge on any atom is 0.254 e. The van der Waals surface area contributed by atoms with Crippen LogP contribution in [0.25, 0.3) is 0 Å². The number of hydrogen-bond donors (Lipinski definition) is 1. The first-order valence-electron chi connectivity index (χ1n) is 4.87. The predicted octanol–water partition coefficient (Wildman–Crippen LogP) is 1.24. The number of aryl methyl sites for hydroxylation is 1. The van der Waals surface area contributed by atoms with E-state index >= 15 is 0 Å². The molecule has 1 saturated heterocycles. The minimum Gasteiger partial charge on any atom is -0.370 e. The Kier molecular flexibility index (Phi) is 2.37. The van der Waals surface area contributed by atoms with E-state index in [1.807, 2.05) is 6.92 Å². The molecular formula is C10H14N2O2. The van der Waals surface area contributed by atoms with Crippen LogP contribution in [-0.2, 0) is 4.74 Å². The van der Waals surface area contributed by atoms with E-state index in [9.17, 15) is 4.79 Å². The smallest absolute Gasteiger partial charge is 0.254 e. The Morgan fingerprint density at radius 3 is 2.86 bits per heavy atom. The number of aromatic amines is 1. The normalized spacial score (nSPS) is 21.4. The van der Waals surface area contributed by atoms with Crippen LogP contribution in [-0.4, -0.2) is 16.6 Å². The van der Waals surface area contributed by atoms with Gasteiger partial charge >= 0.3 is 0 Å². The maximum absolute atomic E-state index is 11.5. The standard InChI is InChI=1S/C10H14N2O2/c1-6-7(2)11-9(12-10(6)13)8-4-3-5-14-8/h8H,3-5H2,1-2H3,(H,11,12,13). The van der Waals surface area contributed by atoms with Gasteiger partial charge in [0.15, 0.2) is 0 Å². The summed E-state index contributed by atoms with van der Waals surface area (Å²) in [7, 11) is 0. The van der Waals surface area contributed by atoms with Crippen LogP contribution in [0.3, 0.4) is 0 Å². The molecule has 1 aliphatic heterocycles. The summed E-state index contributed by atoms with van der Waals surface area (Å²) < 4.78 is 5.46. The van der Waals surface area contributed by atoms with Gasteiger partial charge in [-0.25, -0.2) is 4.98 Å². The topological polar surface area (TPSA) is 55.0 Å². The lowest BCUT2D eigenvalue weighted by atomic mass is 10.2. The zero-order valence-electron chi connectivity index (χ0n) is 8.46. The third-order valence-electron chi connectivity index (χ3n) is 2.65. The van der Waals surface area contributed by atoms with Crippen molar-refractivity contribution in [3.8, 4) is 0 Å². The van der Waals surface area contributed by atoms with E-state index in [2.05, 4.69) is 9.97 Å². The summed E-state index contributed by atoms with van der Waals surface area (Å²) in [5.41, 5.74) is 1.42. The van der Waals surface area contributed by atoms with E-state index < -0.39 is 0 Å². The number of rotatable bonds is 1. The van der Waals surface area contributed by atoms with E-state index in [4.69, 9.17) is 4.74 Å². The zero-order chi connectivity index (χ0) is 10.1. The molecule has 2 rings (SSSR count). The Morgan fingerprint density at radius 2 is 2.29 bits per heavy atom. The minimum absolute atomic E-state index is 0.0120. The Bertz CT molecular complexity index is 392. The van der Waals surface area contributed by atoms with Crippen molar-refractivity contribution in [1.82, 2.24) is 9.97 Å². The molecule has 1 aromatic heterocycles. The van der Waals surface area contributed by atoms with Crippen LogP contribution >= 0.6 is 0 Å². The lowest BCUT2D eigenvalue weighted by molar-refractivity contribution is 0.104. The quantitative estimate of drug-likeness (QED) is 0.731. The van der Waals surface area contributed by atoms with Crippen LogP contribution in [0.1, 0.15) is 36.0 Å². The van der Waals surface area contributed by atoms with Gasteiger partial charge in [0.2, 0.25) is 0 Å². The third kappa shape index (κ3) is 1.57. The molecule has 0 spiro atoms. The zero-order valence-corrected chi connectivity index (χ0v) is 8.46. The highest BCUT2D eigenvalue weighted by atomic mass is 16.5. The lowest BCUT2D eigenvalue weighted by Gasteiger charge is -2.09. The lowest BCUT2D eigenvalue weighted by Crippen LogP contribution is -2.18. The number of ether oxygens (including phenoxy) is 1. The number of nitrogens with one attached hydrogen (secondary N) is 1. The van der Waals surface area contributed by atoms with Gasteiger partial charge in [-0.1, -0.05) is 0 Å². The van der Waals surface area contributed by atoms with Crippen molar-refractivity contribution in [2.75, 3.05) is 6.61 Å². The monoisotopic (exact) mass is 194 g/mol. The highest BCUT2D eigenvalue weighted by Crippen LogP contribution is 2.25. The second kappa shape index (κ2) is 3.53. The minimum atomic E-state index is -0.0528. The molecule has 0 aliphatic carbocycles. The van der Waals surface area contributed by atoms with Gasteiger partial charge < -0.3 is 9.72 Å². The fourth-order valence-electron chi connectivity index (χ4n) is 1.61. The van der Waals surface area contributed by atoms with Gasteiger partial charge in [0, 0.05) is 17.9 Å². The van der Waals surface area contributed by atoms with Crippen molar-refractivity contribution in [3.05, 3.63) is 27.4 Å². The Balaban J connectivity index is 2.39. The summed E-state index contributed by atoms with van der Waals surface area (Å²) in [4.78, 5) is 18.6. The molecular weight excluding hydrogens is 180 g/mol. The molecule has 1 atom stereocenters. The summed E-state index contributed by atoms with van der Waals surface area (Å²) >= 11 is 0. The van der Waals surface area contributed by atoms with Crippen molar-refractivity contribution < 1.29 is 4.74 Å². The summed E-state index contributed by atoms with van der Waals surface area (Å²) in [6.45, 7) is 4.39. The number of hydrogen-bond acceptors (Lipinski definition) is 3. The van der Waals surface area contributed by atoms with Gasteiger partial charge in [-0.15, -0.1) is 0 Å². The third-order valence-corrected chi connectivity index (χ3v) is 2.65. The molecule has 0 bridgehead atoms. The molecule has 1 unspecified atom stereocenters. The van der Waals surface area contributed by atoms with Crippen molar-refractivity contribution in [2.45, 2.75) is 32.8 Å². The number of aromatic nitrogens is 2. The number of H-pyrrole nitrogens is 1. The van der Waals surface area contributed by atoms with E-state index in [1.54, 1.807) is 6.92 Å². The van der Waals surface area contributed by atoms with E-state index in [0.29, 0.717) is 11.4 Å². The average Bonchev–Trinajstić information content (AvgIpc) is 2.66. The van der Waals surface area contributed by atoms with Crippen LogP contribution in [0.5, 0.6) is 0 Å². The molecule has 0 saturated carbocycles. The molecule has 14 heavy (non-hydrogen) atoms. The van der Waals surface area contributed by atoms with Crippen LogP contribution in [0.4, 0.5) is 0 Å². The molecule has 76 valence electrons. The first-order chi connectivity index (χ1) is 6.68. The van der Waals surface area contributed by atoms with Gasteiger partial charge in [0.05, 0.1) is 0 Å². The largest absolute Gasteiger partial charge is 0.370 e. The predicted molar refractivity (Wildman–Crippen MR) is 52.3 cm³/mol. The molecule has 1 N–H and O–H groups in total. The van der Waals surface area contributed by atoms with Crippen LogP contribution in [0.15, 0.2) is 4.79 Å². The van der Waals surface area contributed by atoms with Gasteiger partial charge in [-0.2, -0.15) is 0 Å². The van der Waals surface area contributed by atoms with Crippen LogP contribution in [0.2, 0.25) is 0 Å². The molecule has 0 radical (unpaired) electrons. The molecule has 1 aromatic rings. The Morgan fingerprint density at radius 1 is 1.50 bits per heavy atom. The Labute approximate surface area is 82.3 Å². The van der Waals surface area contributed by atoms with Gasteiger partial charge in [-0.05, 0) is 26.7 Å². The molecule has 0 amide bonds. The van der Waals surface area contributed by atoms with Crippen molar-refractivity contribution in [2.24, 2.45) is 0 Å². The summed E-state index contributed by atoms with van der Waals surface area (Å²) in [5, 5.41) is 0. The van der Waals surface area contributed by atoms with Gasteiger partial charge in [0.1, 0.15) is 11.9 Å². The summed E-state index contributed by atoms with van der Waals surface area (Å²) in [5.74, 6) is 0.676. The Hall–Kier alpha value is -1.16. The van der Waals surface area contributed by atoms with Crippen LogP contribution in [0, 0.1) is 13.8 Å².